The number of nitrogens with two attached hydrogens (primary N) is 1. The predicted octanol–water partition coefficient (Wildman–Crippen LogP) is 5.06. The number of halogens is 1. The van der Waals surface area contributed by atoms with Crippen LogP contribution >= 0.6 is 0 Å². The molecular weight excluding hydrogens is 533 g/mol. The van der Waals surface area contributed by atoms with Gasteiger partial charge in [-0.15, -0.1) is 0 Å². The number of carbonyl (C=O) groups is 1. The number of primary amides is 1. The Hall–Kier alpha value is -3.89. The lowest BCUT2D eigenvalue weighted by atomic mass is 9.88. The molecule has 2 heterocycles. The van der Waals surface area contributed by atoms with Gasteiger partial charge in [0, 0.05) is 24.7 Å². The van der Waals surface area contributed by atoms with Gasteiger partial charge in [0.05, 0.1) is 30.5 Å². The molecule has 10 heteroatoms. The van der Waals surface area contributed by atoms with Crippen molar-refractivity contribution in [2.24, 2.45) is 5.73 Å². The number of piperidine rings is 1. The van der Waals surface area contributed by atoms with Gasteiger partial charge in [0.1, 0.15) is 0 Å². The second-order valence-corrected chi connectivity index (χ2v) is 12.0. The summed E-state index contributed by atoms with van der Waals surface area (Å²) in [6, 6.07) is 18.0. The quantitative estimate of drug-likeness (QED) is 0.261. The van der Waals surface area contributed by atoms with Gasteiger partial charge in [-0.25, -0.2) is 17.1 Å². The van der Waals surface area contributed by atoms with Crippen molar-refractivity contribution in [2.75, 3.05) is 32.6 Å². The Morgan fingerprint density at radius 2 is 1.82 bits per heavy atom. The van der Waals surface area contributed by atoms with Crippen LogP contribution in [0.15, 0.2) is 66.9 Å². The Labute approximate surface area is 232 Å². The number of para-hydroxylation sites is 1. The molecular formula is C30H32FN3O5S. The number of nitrogens with zero attached hydrogens (tertiary/aromatic N) is 1. The fraction of sp³-hybridized carbons (Fsp3) is 0.300. The Morgan fingerprint density at radius 3 is 2.52 bits per heavy atom. The maximum absolute atomic E-state index is 14.1. The van der Waals surface area contributed by atoms with E-state index in [1.54, 1.807) is 12.1 Å². The van der Waals surface area contributed by atoms with E-state index >= 15 is 0 Å². The molecule has 5 rings (SSSR count). The fourth-order valence-corrected chi connectivity index (χ4v) is 6.87. The van der Waals surface area contributed by atoms with Crippen molar-refractivity contribution in [3.05, 3.63) is 83.8 Å². The summed E-state index contributed by atoms with van der Waals surface area (Å²) in [5.74, 6) is -0.777. The van der Waals surface area contributed by atoms with Crippen molar-refractivity contribution >= 4 is 26.8 Å². The molecule has 3 aromatic carbocycles. The van der Waals surface area contributed by atoms with E-state index in [0.717, 1.165) is 22.1 Å². The average Bonchev–Trinajstić information content (AvgIpc) is 3.40. The van der Waals surface area contributed by atoms with Gasteiger partial charge >= 0.3 is 0 Å². The lowest BCUT2D eigenvalue weighted by Crippen LogP contribution is -2.39. The van der Waals surface area contributed by atoms with E-state index in [9.17, 15) is 17.6 Å². The smallest absolute Gasteiger partial charge is 0.250 e. The summed E-state index contributed by atoms with van der Waals surface area (Å²) < 4.78 is 52.2. The third kappa shape index (κ3) is 5.68. The molecule has 0 bridgehead atoms. The minimum absolute atomic E-state index is 0.0168. The number of sulfonamides is 1. The average molecular weight is 566 g/mol. The number of fused-ring (bicyclic) bond motifs is 1. The number of benzene rings is 3. The standard InChI is InChI=1S/C30H32FN3O5S/c1-38-27-10-5-9-26(31)29(27)39-15-6-16-40(36,37)34-13-11-21(12-14-34)25-19-33-28-23(25)17-22(18-24(28)30(32)35)20-7-3-2-4-8-20/h2-5,7-10,17-19,21,33H,6,11-16H2,1H3,(H2,32,35). The molecule has 1 aliphatic heterocycles. The topological polar surface area (TPSA) is 115 Å². The third-order valence-electron chi connectivity index (χ3n) is 7.42. The van der Waals surface area contributed by atoms with Crippen LogP contribution in [-0.4, -0.2) is 56.2 Å². The van der Waals surface area contributed by atoms with Gasteiger partial charge in [0.25, 0.3) is 5.91 Å². The number of carbonyl (C=O) groups excluding carboxylic acids is 1. The van der Waals surface area contributed by atoms with Crippen LogP contribution in [0.4, 0.5) is 4.39 Å². The van der Waals surface area contributed by atoms with Crippen molar-refractivity contribution < 1.29 is 27.1 Å². The fourth-order valence-electron chi connectivity index (χ4n) is 5.36. The molecule has 1 saturated heterocycles. The molecule has 4 aromatic rings. The van der Waals surface area contributed by atoms with E-state index < -0.39 is 21.7 Å². The number of rotatable bonds is 10. The maximum Gasteiger partial charge on any atom is 0.250 e. The third-order valence-corrected chi connectivity index (χ3v) is 9.38. The summed E-state index contributed by atoms with van der Waals surface area (Å²) in [4.78, 5) is 15.5. The molecule has 0 aliphatic carbocycles. The number of methoxy groups -OCH3 is 1. The molecule has 1 aromatic heterocycles. The zero-order chi connectivity index (χ0) is 28.3. The molecule has 1 fully saturated rings. The highest BCUT2D eigenvalue weighted by atomic mass is 32.2. The molecule has 210 valence electrons. The van der Waals surface area contributed by atoms with Crippen molar-refractivity contribution in [3.63, 3.8) is 0 Å². The van der Waals surface area contributed by atoms with Crippen LogP contribution in [0.5, 0.6) is 11.5 Å². The zero-order valence-electron chi connectivity index (χ0n) is 22.2. The monoisotopic (exact) mass is 565 g/mol. The van der Waals surface area contributed by atoms with E-state index in [1.807, 2.05) is 36.5 Å². The molecule has 0 radical (unpaired) electrons. The lowest BCUT2D eigenvalue weighted by Gasteiger charge is -2.31. The summed E-state index contributed by atoms with van der Waals surface area (Å²) in [6.07, 6.45) is 3.43. The van der Waals surface area contributed by atoms with E-state index in [0.29, 0.717) is 37.0 Å². The van der Waals surface area contributed by atoms with E-state index in [1.165, 1.54) is 23.5 Å². The minimum atomic E-state index is -3.50. The van der Waals surface area contributed by atoms with Gasteiger partial charge < -0.3 is 20.2 Å². The number of nitrogens with one attached hydrogen (secondary N) is 1. The lowest BCUT2D eigenvalue weighted by molar-refractivity contribution is 0.100. The van der Waals surface area contributed by atoms with Gasteiger partial charge in [-0.2, -0.15) is 0 Å². The number of amides is 1. The Bertz CT molecular complexity index is 1610. The number of hydrogen-bond acceptors (Lipinski definition) is 5. The summed E-state index contributed by atoms with van der Waals surface area (Å²) in [5.41, 5.74) is 9.79. The second kappa shape index (κ2) is 11.7. The number of H-pyrrole nitrogens is 1. The van der Waals surface area contributed by atoms with Crippen LogP contribution < -0.4 is 15.2 Å². The molecule has 8 nitrogen and oxygen atoms in total. The first kappa shape index (κ1) is 27.7. The van der Waals surface area contributed by atoms with Crippen molar-refractivity contribution in [3.8, 4) is 22.6 Å². The van der Waals surface area contributed by atoms with Crippen LogP contribution in [0.25, 0.3) is 22.0 Å². The van der Waals surface area contributed by atoms with E-state index in [4.69, 9.17) is 15.2 Å². The van der Waals surface area contributed by atoms with Gasteiger partial charge in [-0.3, -0.25) is 4.79 Å². The van der Waals surface area contributed by atoms with Gasteiger partial charge in [-0.1, -0.05) is 36.4 Å². The minimum Gasteiger partial charge on any atom is -0.493 e. The number of ether oxygens (including phenoxy) is 2. The maximum atomic E-state index is 14.1. The first-order valence-electron chi connectivity index (χ1n) is 13.2. The largest absolute Gasteiger partial charge is 0.493 e. The summed E-state index contributed by atoms with van der Waals surface area (Å²) >= 11 is 0. The first-order chi connectivity index (χ1) is 19.3. The van der Waals surface area contributed by atoms with Gasteiger partial charge in [-0.05, 0) is 66.1 Å². The van der Waals surface area contributed by atoms with Crippen LogP contribution in [0.2, 0.25) is 0 Å². The molecule has 0 unspecified atom stereocenters. The SMILES string of the molecule is COc1cccc(F)c1OCCCS(=O)(=O)N1CCC(c2c[nH]c3c(C(N)=O)cc(-c4ccccc4)cc23)CC1. The van der Waals surface area contributed by atoms with Gasteiger partial charge in [0.2, 0.25) is 10.0 Å². The number of hydrogen-bond donors (Lipinski definition) is 2. The van der Waals surface area contributed by atoms with Crippen LogP contribution in [0.1, 0.15) is 41.1 Å². The summed E-state index contributed by atoms with van der Waals surface area (Å²) in [5, 5.41) is 0.928. The molecule has 1 amide bonds. The molecule has 0 saturated carbocycles. The highest BCUT2D eigenvalue weighted by Gasteiger charge is 2.30. The molecule has 0 atom stereocenters. The summed E-state index contributed by atoms with van der Waals surface area (Å²) in [7, 11) is -2.08. The highest BCUT2D eigenvalue weighted by molar-refractivity contribution is 7.89. The molecule has 0 spiro atoms. The zero-order valence-corrected chi connectivity index (χ0v) is 23.0. The van der Waals surface area contributed by atoms with Crippen molar-refractivity contribution in [1.29, 1.82) is 0 Å². The number of aromatic nitrogens is 1. The highest BCUT2D eigenvalue weighted by Crippen LogP contribution is 2.37. The van der Waals surface area contributed by atoms with Crippen LogP contribution in [0.3, 0.4) is 0 Å². The normalized spacial score (nSPS) is 14.8. The molecule has 3 N–H and O–H groups in total. The Kier molecular flexibility index (Phi) is 8.09. The number of aromatic amines is 1. The summed E-state index contributed by atoms with van der Waals surface area (Å²) in [6.45, 7) is 0.833. The Morgan fingerprint density at radius 1 is 1.07 bits per heavy atom. The predicted molar refractivity (Wildman–Crippen MR) is 153 cm³/mol. The Balaban J connectivity index is 1.25. The second-order valence-electron chi connectivity index (χ2n) is 9.88. The molecule has 40 heavy (non-hydrogen) atoms. The van der Waals surface area contributed by atoms with E-state index in [-0.39, 0.29) is 36.2 Å². The van der Waals surface area contributed by atoms with Gasteiger partial charge in [0.15, 0.2) is 17.3 Å². The van der Waals surface area contributed by atoms with Crippen LogP contribution in [-0.2, 0) is 10.0 Å². The van der Waals surface area contributed by atoms with E-state index in [2.05, 4.69) is 11.1 Å². The van der Waals surface area contributed by atoms with Crippen molar-refractivity contribution in [2.45, 2.75) is 25.2 Å². The molecule has 1 aliphatic rings. The van der Waals surface area contributed by atoms with Crippen LogP contribution in [0, 0.1) is 5.82 Å². The first-order valence-corrected chi connectivity index (χ1v) is 14.8. The van der Waals surface area contributed by atoms with Crippen molar-refractivity contribution in [1.82, 2.24) is 9.29 Å².